The fourth-order valence-electron chi connectivity index (χ4n) is 1.71. The third-order valence-electron chi connectivity index (χ3n) is 3.04. The standard InChI is InChI=1S/C13H19N3S/c1-2-12(17-9-1)7-8-14-13(15-10-3-4-10)16-11-5-6-11/h1-2,9-11H,3-8H2,(H2,14,15,16). The minimum absolute atomic E-state index is 0.682. The first-order chi connectivity index (χ1) is 8.40. The second-order valence-corrected chi connectivity index (χ2v) is 5.93. The summed E-state index contributed by atoms with van der Waals surface area (Å²) in [6.45, 7) is 0.884. The Hall–Kier alpha value is -1.03. The summed E-state index contributed by atoms with van der Waals surface area (Å²) < 4.78 is 0. The molecule has 2 fully saturated rings. The molecule has 2 aliphatic rings. The molecule has 0 aliphatic heterocycles. The van der Waals surface area contributed by atoms with Crippen LogP contribution in [0.15, 0.2) is 22.5 Å². The average Bonchev–Trinajstić information content (AvgIpc) is 3.23. The summed E-state index contributed by atoms with van der Waals surface area (Å²) in [5.41, 5.74) is 0. The first kappa shape index (κ1) is 11.1. The smallest absolute Gasteiger partial charge is 0.191 e. The molecule has 2 aliphatic carbocycles. The van der Waals surface area contributed by atoms with Gasteiger partial charge in [0.1, 0.15) is 0 Å². The largest absolute Gasteiger partial charge is 0.354 e. The van der Waals surface area contributed by atoms with Crippen LogP contribution in [0.4, 0.5) is 0 Å². The van der Waals surface area contributed by atoms with E-state index in [4.69, 9.17) is 0 Å². The Morgan fingerprint density at radius 1 is 1.24 bits per heavy atom. The van der Waals surface area contributed by atoms with Gasteiger partial charge in [-0.3, -0.25) is 4.99 Å². The van der Waals surface area contributed by atoms with E-state index >= 15 is 0 Å². The summed E-state index contributed by atoms with van der Waals surface area (Å²) >= 11 is 1.82. The SMILES string of the molecule is c1csc(CCN=C(NC2CC2)NC2CC2)c1. The number of thiophene rings is 1. The van der Waals surface area contributed by atoms with Gasteiger partial charge in [0.2, 0.25) is 0 Å². The third kappa shape index (κ3) is 3.73. The molecule has 1 aromatic heterocycles. The highest BCUT2D eigenvalue weighted by molar-refractivity contribution is 7.09. The Bertz CT molecular complexity index is 361. The number of aliphatic imine (C=N–C) groups is 1. The predicted octanol–water partition coefficient (Wildman–Crippen LogP) is 2.15. The maximum atomic E-state index is 4.66. The molecule has 4 heteroatoms. The number of rotatable bonds is 5. The Kier molecular flexibility index (Phi) is 3.31. The molecule has 0 saturated heterocycles. The molecule has 1 aromatic rings. The van der Waals surface area contributed by atoms with Crippen LogP contribution in [-0.2, 0) is 6.42 Å². The van der Waals surface area contributed by atoms with E-state index in [0.717, 1.165) is 18.9 Å². The Labute approximate surface area is 106 Å². The first-order valence-electron chi connectivity index (χ1n) is 6.50. The summed E-state index contributed by atoms with van der Waals surface area (Å²) in [5, 5.41) is 9.10. The third-order valence-corrected chi connectivity index (χ3v) is 3.98. The molecule has 0 unspecified atom stereocenters. The molecule has 0 atom stereocenters. The van der Waals surface area contributed by atoms with E-state index in [-0.39, 0.29) is 0 Å². The van der Waals surface area contributed by atoms with E-state index < -0.39 is 0 Å². The van der Waals surface area contributed by atoms with Gasteiger partial charge in [-0.2, -0.15) is 0 Å². The average molecular weight is 249 g/mol. The van der Waals surface area contributed by atoms with Crippen LogP contribution in [0.1, 0.15) is 30.6 Å². The minimum Gasteiger partial charge on any atom is -0.354 e. The molecule has 0 radical (unpaired) electrons. The maximum Gasteiger partial charge on any atom is 0.191 e. The molecule has 92 valence electrons. The molecule has 3 nitrogen and oxygen atoms in total. The number of nitrogens with zero attached hydrogens (tertiary/aromatic N) is 1. The molecule has 2 N–H and O–H groups in total. The highest BCUT2D eigenvalue weighted by Gasteiger charge is 2.26. The number of nitrogens with one attached hydrogen (secondary N) is 2. The van der Waals surface area contributed by atoms with Crippen LogP contribution in [0.3, 0.4) is 0 Å². The van der Waals surface area contributed by atoms with Crippen molar-refractivity contribution in [1.29, 1.82) is 0 Å². The molecule has 0 spiro atoms. The van der Waals surface area contributed by atoms with Crippen molar-refractivity contribution in [2.45, 2.75) is 44.2 Å². The van der Waals surface area contributed by atoms with E-state index in [1.165, 1.54) is 30.6 Å². The fourth-order valence-corrected chi connectivity index (χ4v) is 2.41. The molecule has 0 aromatic carbocycles. The van der Waals surface area contributed by atoms with Crippen molar-refractivity contribution in [1.82, 2.24) is 10.6 Å². The zero-order valence-corrected chi connectivity index (χ0v) is 10.8. The van der Waals surface area contributed by atoms with Gasteiger partial charge in [0.05, 0.1) is 0 Å². The van der Waals surface area contributed by atoms with Gasteiger partial charge in [-0.05, 0) is 37.1 Å². The zero-order chi connectivity index (χ0) is 11.5. The van der Waals surface area contributed by atoms with Gasteiger partial charge >= 0.3 is 0 Å². The van der Waals surface area contributed by atoms with Gasteiger partial charge in [-0.25, -0.2) is 0 Å². The predicted molar refractivity (Wildman–Crippen MR) is 72.6 cm³/mol. The summed E-state index contributed by atoms with van der Waals surface area (Å²) in [6.07, 6.45) is 6.26. The lowest BCUT2D eigenvalue weighted by Gasteiger charge is -2.10. The van der Waals surface area contributed by atoms with Crippen LogP contribution in [0, 0.1) is 0 Å². The van der Waals surface area contributed by atoms with E-state index in [1.807, 2.05) is 11.3 Å². The van der Waals surface area contributed by atoms with Gasteiger partial charge in [-0.1, -0.05) is 6.07 Å². The van der Waals surface area contributed by atoms with Gasteiger partial charge in [0, 0.05) is 29.9 Å². The molecular weight excluding hydrogens is 230 g/mol. The number of guanidine groups is 1. The minimum atomic E-state index is 0.682. The van der Waals surface area contributed by atoms with E-state index in [1.54, 1.807) is 0 Å². The fraction of sp³-hybridized carbons (Fsp3) is 0.615. The lowest BCUT2D eigenvalue weighted by atomic mass is 10.3. The summed E-state index contributed by atoms with van der Waals surface area (Å²) in [4.78, 5) is 6.08. The van der Waals surface area contributed by atoms with Crippen LogP contribution in [0.25, 0.3) is 0 Å². The quantitative estimate of drug-likeness (QED) is 0.619. The van der Waals surface area contributed by atoms with E-state index in [9.17, 15) is 0 Å². The van der Waals surface area contributed by atoms with Crippen molar-refractivity contribution in [3.63, 3.8) is 0 Å². The molecule has 0 amide bonds. The van der Waals surface area contributed by atoms with Gasteiger partial charge in [0.15, 0.2) is 5.96 Å². The Morgan fingerprint density at radius 2 is 1.94 bits per heavy atom. The molecule has 17 heavy (non-hydrogen) atoms. The van der Waals surface area contributed by atoms with E-state index in [2.05, 4.69) is 33.1 Å². The highest BCUT2D eigenvalue weighted by Crippen LogP contribution is 2.21. The number of hydrogen-bond acceptors (Lipinski definition) is 2. The van der Waals surface area contributed by atoms with Crippen molar-refractivity contribution in [2.24, 2.45) is 4.99 Å². The van der Waals surface area contributed by atoms with Crippen LogP contribution in [0.2, 0.25) is 0 Å². The van der Waals surface area contributed by atoms with Crippen molar-refractivity contribution >= 4 is 17.3 Å². The lowest BCUT2D eigenvalue weighted by Crippen LogP contribution is -2.40. The lowest BCUT2D eigenvalue weighted by molar-refractivity contribution is 0.789. The second kappa shape index (κ2) is 5.08. The Morgan fingerprint density at radius 3 is 2.47 bits per heavy atom. The molecular formula is C13H19N3S. The maximum absolute atomic E-state index is 4.66. The van der Waals surface area contributed by atoms with Crippen molar-refractivity contribution < 1.29 is 0 Å². The van der Waals surface area contributed by atoms with Crippen LogP contribution >= 0.6 is 11.3 Å². The van der Waals surface area contributed by atoms with Crippen molar-refractivity contribution in [3.05, 3.63) is 22.4 Å². The van der Waals surface area contributed by atoms with E-state index in [0.29, 0.717) is 12.1 Å². The summed E-state index contributed by atoms with van der Waals surface area (Å²) in [6, 6.07) is 5.65. The normalized spacial score (nSPS) is 18.8. The summed E-state index contributed by atoms with van der Waals surface area (Å²) in [7, 11) is 0. The van der Waals surface area contributed by atoms with Crippen molar-refractivity contribution in [3.8, 4) is 0 Å². The monoisotopic (exact) mass is 249 g/mol. The Balaban J connectivity index is 1.49. The van der Waals surface area contributed by atoms with Gasteiger partial charge < -0.3 is 10.6 Å². The molecule has 1 heterocycles. The topological polar surface area (TPSA) is 36.4 Å². The molecule has 2 saturated carbocycles. The second-order valence-electron chi connectivity index (χ2n) is 4.90. The summed E-state index contributed by atoms with van der Waals surface area (Å²) in [5.74, 6) is 1.03. The van der Waals surface area contributed by atoms with Gasteiger partial charge in [-0.15, -0.1) is 11.3 Å². The van der Waals surface area contributed by atoms with Crippen LogP contribution < -0.4 is 10.6 Å². The highest BCUT2D eigenvalue weighted by atomic mass is 32.1. The first-order valence-corrected chi connectivity index (χ1v) is 7.38. The zero-order valence-electron chi connectivity index (χ0n) is 9.98. The molecule has 0 bridgehead atoms. The number of hydrogen-bond donors (Lipinski definition) is 2. The van der Waals surface area contributed by atoms with Crippen LogP contribution in [0.5, 0.6) is 0 Å². The van der Waals surface area contributed by atoms with Crippen LogP contribution in [-0.4, -0.2) is 24.6 Å². The van der Waals surface area contributed by atoms with Gasteiger partial charge in [0.25, 0.3) is 0 Å². The molecule has 3 rings (SSSR count). The van der Waals surface area contributed by atoms with Crippen molar-refractivity contribution in [2.75, 3.05) is 6.54 Å².